The maximum absolute atomic E-state index is 6.01. The lowest BCUT2D eigenvalue weighted by Crippen LogP contribution is -2.00. The number of nitrogens with two attached hydrogens (primary N) is 1. The molecule has 0 aliphatic carbocycles. The summed E-state index contributed by atoms with van der Waals surface area (Å²) in [6.45, 7) is 4.14. The molecule has 0 atom stereocenters. The van der Waals surface area contributed by atoms with Gasteiger partial charge >= 0.3 is 0 Å². The number of aromatic nitrogens is 4. The molecule has 128 valence electrons. The van der Waals surface area contributed by atoms with E-state index < -0.39 is 0 Å². The topological polar surface area (TPSA) is 78.8 Å². The lowest BCUT2D eigenvalue weighted by atomic mass is 10.0. The van der Waals surface area contributed by atoms with E-state index in [1.807, 2.05) is 37.5 Å². The first-order chi connectivity index (χ1) is 12.1. The molecule has 0 unspecified atom stereocenters. The molecule has 0 saturated heterocycles. The van der Waals surface area contributed by atoms with Gasteiger partial charge in [-0.25, -0.2) is 9.97 Å². The second-order valence-corrected chi connectivity index (χ2v) is 5.88. The number of benzene rings is 1. The molecular weight excluding hydrogens is 338 g/mol. The van der Waals surface area contributed by atoms with Gasteiger partial charge in [-0.1, -0.05) is 42.5 Å². The fourth-order valence-electron chi connectivity index (χ4n) is 2.58. The van der Waals surface area contributed by atoms with E-state index in [0.29, 0.717) is 18.7 Å². The average molecular weight is 356 g/mol. The van der Waals surface area contributed by atoms with Crippen molar-refractivity contribution in [3.8, 4) is 17.1 Å². The zero-order chi connectivity index (χ0) is 17.8. The molecule has 7 heteroatoms. The molecular formula is C18H18ClN5O. The lowest BCUT2D eigenvalue weighted by Gasteiger charge is -2.10. The first kappa shape index (κ1) is 17.0. The van der Waals surface area contributed by atoms with Crippen LogP contribution in [0.4, 0.5) is 5.95 Å². The minimum atomic E-state index is 0.119. The number of anilines is 1. The summed E-state index contributed by atoms with van der Waals surface area (Å²) in [6.07, 6.45) is 4.31. The smallest absolute Gasteiger partial charge is 0.222 e. The highest BCUT2D eigenvalue weighted by molar-refractivity contribution is 6.29. The van der Waals surface area contributed by atoms with E-state index in [9.17, 15) is 0 Å². The second-order valence-electron chi connectivity index (χ2n) is 5.49. The van der Waals surface area contributed by atoms with Crippen molar-refractivity contribution in [2.45, 2.75) is 6.42 Å². The fourth-order valence-corrected chi connectivity index (χ4v) is 2.77. The van der Waals surface area contributed by atoms with Crippen molar-refractivity contribution in [1.29, 1.82) is 0 Å². The molecule has 0 spiro atoms. The standard InChI is InChI=1S/C18H18ClN5O/c1-3-8-25-15-7-5-4-6-12(15)9-13-11-24(2)23-17(13)14-10-16(19)22-18(20)21-14/h3-7,10-11H,1,8-9H2,2H3,(H2,20,21,22). The van der Waals surface area contributed by atoms with Crippen LogP contribution in [0.15, 0.2) is 49.2 Å². The second kappa shape index (κ2) is 7.36. The maximum atomic E-state index is 6.01. The van der Waals surface area contributed by atoms with Gasteiger partial charge in [-0.2, -0.15) is 5.10 Å². The van der Waals surface area contributed by atoms with Crippen LogP contribution in [0.1, 0.15) is 11.1 Å². The summed E-state index contributed by atoms with van der Waals surface area (Å²) in [5, 5.41) is 4.79. The molecule has 0 aliphatic heterocycles. The highest BCUT2D eigenvalue weighted by Crippen LogP contribution is 2.28. The number of aryl methyl sites for hydroxylation is 1. The summed E-state index contributed by atoms with van der Waals surface area (Å²) < 4.78 is 7.48. The number of hydrogen-bond donors (Lipinski definition) is 1. The Labute approximate surface area is 150 Å². The van der Waals surface area contributed by atoms with Crippen LogP contribution >= 0.6 is 11.6 Å². The summed E-state index contributed by atoms with van der Waals surface area (Å²) in [6, 6.07) is 9.54. The van der Waals surface area contributed by atoms with E-state index in [1.165, 1.54) is 0 Å². The Morgan fingerprint density at radius 2 is 2.08 bits per heavy atom. The monoisotopic (exact) mass is 355 g/mol. The Hall–Kier alpha value is -2.86. The summed E-state index contributed by atoms with van der Waals surface area (Å²) in [5.74, 6) is 0.936. The van der Waals surface area contributed by atoms with E-state index in [1.54, 1.807) is 16.8 Å². The molecule has 0 saturated carbocycles. The molecule has 6 nitrogen and oxygen atoms in total. The van der Waals surface area contributed by atoms with E-state index in [0.717, 1.165) is 22.6 Å². The van der Waals surface area contributed by atoms with Gasteiger partial charge in [0, 0.05) is 31.3 Å². The van der Waals surface area contributed by atoms with Gasteiger partial charge in [-0.05, 0) is 11.6 Å². The molecule has 2 aromatic heterocycles. The van der Waals surface area contributed by atoms with Crippen molar-refractivity contribution < 1.29 is 4.74 Å². The fraction of sp³-hybridized carbons (Fsp3) is 0.167. The first-order valence-corrected chi connectivity index (χ1v) is 8.09. The third-order valence-electron chi connectivity index (χ3n) is 3.57. The zero-order valence-electron chi connectivity index (χ0n) is 13.8. The van der Waals surface area contributed by atoms with Crippen molar-refractivity contribution in [2.75, 3.05) is 12.3 Å². The number of para-hydroxylation sites is 1. The van der Waals surface area contributed by atoms with E-state index >= 15 is 0 Å². The van der Waals surface area contributed by atoms with Crippen LogP contribution in [0.2, 0.25) is 5.15 Å². The Morgan fingerprint density at radius 1 is 1.28 bits per heavy atom. The third-order valence-corrected chi connectivity index (χ3v) is 3.76. The predicted octanol–water partition coefficient (Wildman–Crippen LogP) is 3.27. The van der Waals surface area contributed by atoms with E-state index in [-0.39, 0.29) is 11.1 Å². The molecule has 0 fully saturated rings. The molecule has 0 bridgehead atoms. The molecule has 2 N–H and O–H groups in total. The SMILES string of the molecule is C=CCOc1ccccc1Cc1cn(C)nc1-c1cc(Cl)nc(N)n1. The molecule has 0 aliphatic rings. The van der Waals surface area contributed by atoms with Gasteiger partial charge in [0.1, 0.15) is 23.2 Å². The van der Waals surface area contributed by atoms with Gasteiger partial charge in [-0.15, -0.1) is 0 Å². The van der Waals surface area contributed by atoms with Gasteiger partial charge in [-0.3, -0.25) is 4.68 Å². The summed E-state index contributed by atoms with van der Waals surface area (Å²) >= 11 is 6.01. The lowest BCUT2D eigenvalue weighted by molar-refractivity contribution is 0.360. The van der Waals surface area contributed by atoms with Crippen LogP contribution < -0.4 is 10.5 Å². The maximum Gasteiger partial charge on any atom is 0.222 e. The molecule has 2 heterocycles. The molecule has 3 rings (SSSR count). The third kappa shape index (κ3) is 3.97. The molecule has 0 amide bonds. The van der Waals surface area contributed by atoms with Crippen molar-refractivity contribution in [1.82, 2.24) is 19.7 Å². The van der Waals surface area contributed by atoms with Gasteiger partial charge in [0.05, 0.1) is 5.69 Å². The van der Waals surface area contributed by atoms with Crippen LogP contribution in [-0.4, -0.2) is 26.4 Å². The number of hydrogen-bond acceptors (Lipinski definition) is 5. The Morgan fingerprint density at radius 3 is 2.84 bits per heavy atom. The number of nitrogens with zero attached hydrogens (tertiary/aromatic N) is 4. The zero-order valence-corrected chi connectivity index (χ0v) is 14.6. The van der Waals surface area contributed by atoms with Crippen LogP contribution in [0.3, 0.4) is 0 Å². The van der Waals surface area contributed by atoms with Crippen molar-refractivity contribution in [3.63, 3.8) is 0 Å². The van der Waals surface area contributed by atoms with Crippen molar-refractivity contribution >= 4 is 17.5 Å². The van der Waals surface area contributed by atoms with E-state index in [2.05, 4.69) is 21.6 Å². The van der Waals surface area contributed by atoms with Gasteiger partial charge in [0.25, 0.3) is 0 Å². The van der Waals surface area contributed by atoms with Crippen molar-refractivity contribution in [3.05, 3.63) is 65.5 Å². The molecule has 25 heavy (non-hydrogen) atoms. The van der Waals surface area contributed by atoms with Crippen LogP contribution in [-0.2, 0) is 13.5 Å². The summed E-state index contributed by atoms with van der Waals surface area (Å²) in [7, 11) is 1.86. The summed E-state index contributed by atoms with van der Waals surface area (Å²) in [4.78, 5) is 8.15. The number of rotatable bonds is 6. The Bertz CT molecular complexity index is 886. The highest BCUT2D eigenvalue weighted by atomic mass is 35.5. The van der Waals surface area contributed by atoms with Gasteiger partial charge < -0.3 is 10.5 Å². The Kier molecular flexibility index (Phi) is 5.00. The Balaban J connectivity index is 1.98. The quantitative estimate of drug-likeness (QED) is 0.542. The number of nitrogen functional groups attached to an aromatic ring is 1. The predicted molar refractivity (Wildman–Crippen MR) is 98.6 cm³/mol. The largest absolute Gasteiger partial charge is 0.489 e. The molecule has 3 aromatic rings. The van der Waals surface area contributed by atoms with E-state index in [4.69, 9.17) is 22.1 Å². The highest BCUT2D eigenvalue weighted by Gasteiger charge is 2.15. The minimum absolute atomic E-state index is 0.119. The number of halogens is 1. The van der Waals surface area contributed by atoms with Crippen LogP contribution in [0.5, 0.6) is 5.75 Å². The molecule has 0 radical (unpaired) electrons. The molecule has 1 aromatic carbocycles. The van der Waals surface area contributed by atoms with Crippen molar-refractivity contribution in [2.24, 2.45) is 7.05 Å². The normalized spacial score (nSPS) is 10.6. The summed E-state index contributed by atoms with van der Waals surface area (Å²) in [5.41, 5.74) is 9.07. The van der Waals surface area contributed by atoms with Gasteiger partial charge in [0.15, 0.2) is 0 Å². The van der Waals surface area contributed by atoms with Gasteiger partial charge in [0.2, 0.25) is 5.95 Å². The number of ether oxygens (including phenoxy) is 1. The average Bonchev–Trinajstić information content (AvgIpc) is 2.94. The van der Waals surface area contributed by atoms with Crippen LogP contribution in [0, 0.1) is 0 Å². The first-order valence-electron chi connectivity index (χ1n) is 7.71. The van der Waals surface area contributed by atoms with Crippen LogP contribution in [0.25, 0.3) is 11.4 Å². The minimum Gasteiger partial charge on any atom is -0.489 e.